The van der Waals surface area contributed by atoms with E-state index in [9.17, 15) is 4.79 Å². The number of hydrogen-bond donors (Lipinski definition) is 0. The molecular formula is C23H20N6OS3. The number of aromatic nitrogens is 4. The summed E-state index contributed by atoms with van der Waals surface area (Å²) in [6.07, 6.45) is 5.98. The minimum absolute atomic E-state index is 0.0546. The second-order valence-electron chi connectivity index (χ2n) is 7.23. The molecule has 1 amide bonds. The largest absolute Gasteiger partial charge is 0.298 e. The summed E-state index contributed by atoms with van der Waals surface area (Å²) < 4.78 is 1.95. The van der Waals surface area contributed by atoms with E-state index >= 15 is 0 Å². The van der Waals surface area contributed by atoms with Gasteiger partial charge in [-0.25, -0.2) is 5.01 Å². The zero-order valence-corrected chi connectivity index (χ0v) is 20.0. The van der Waals surface area contributed by atoms with Crippen molar-refractivity contribution in [2.45, 2.75) is 24.2 Å². The standard InChI is InChI=1S/C23H20N6OS3/c1-2-10-28-22(16-6-3-9-24-14-16)25-26-23(28)33-15-21(30)29-18(20-8-5-12-32-20)13-17(27-29)19-7-4-11-31-19/h2-9,11-12,14,18H,1,10,13,15H2/t18-/m0/s1. The molecule has 5 rings (SSSR count). The van der Waals surface area contributed by atoms with E-state index in [0.717, 1.165) is 27.5 Å². The number of thioether (sulfide) groups is 1. The van der Waals surface area contributed by atoms with E-state index in [-0.39, 0.29) is 17.7 Å². The van der Waals surface area contributed by atoms with Gasteiger partial charge in [-0.1, -0.05) is 30.0 Å². The van der Waals surface area contributed by atoms with Gasteiger partial charge >= 0.3 is 0 Å². The molecule has 0 spiro atoms. The average Bonchev–Trinajstić information content (AvgIpc) is 3.64. The lowest BCUT2D eigenvalue weighted by Gasteiger charge is -2.20. The summed E-state index contributed by atoms with van der Waals surface area (Å²) in [5.74, 6) is 0.862. The molecule has 0 fully saturated rings. The lowest BCUT2D eigenvalue weighted by atomic mass is 10.1. The van der Waals surface area contributed by atoms with Crippen molar-refractivity contribution in [3.8, 4) is 11.4 Å². The second-order valence-corrected chi connectivity index (χ2v) is 10.1. The highest BCUT2D eigenvalue weighted by Gasteiger charge is 2.34. The first-order valence-electron chi connectivity index (χ1n) is 10.3. The maximum absolute atomic E-state index is 13.3. The molecular weight excluding hydrogens is 472 g/mol. The number of allylic oxidation sites excluding steroid dienone is 1. The van der Waals surface area contributed by atoms with Gasteiger partial charge in [0.15, 0.2) is 11.0 Å². The lowest BCUT2D eigenvalue weighted by Crippen LogP contribution is -2.28. The molecule has 1 aliphatic heterocycles. The van der Waals surface area contributed by atoms with Gasteiger partial charge in [0.25, 0.3) is 5.91 Å². The number of amides is 1. The third-order valence-electron chi connectivity index (χ3n) is 5.12. The number of rotatable bonds is 8. The van der Waals surface area contributed by atoms with Gasteiger partial charge in [-0.15, -0.1) is 39.4 Å². The summed E-state index contributed by atoms with van der Waals surface area (Å²) in [7, 11) is 0. The van der Waals surface area contributed by atoms with E-state index < -0.39 is 0 Å². The number of pyridine rings is 1. The molecule has 0 unspecified atom stereocenters. The maximum Gasteiger partial charge on any atom is 0.253 e. The summed E-state index contributed by atoms with van der Waals surface area (Å²) in [6.45, 7) is 4.39. The SMILES string of the molecule is C=CCn1c(SCC(=O)N2N=C(c3cccs3)C[C@H]2c2cccs2)nnc1-c1cccnc1. The predicted molar refractivity (Wildman–Crippen MR) is 134 cm³/mol. The van der Waals surface area contributed by atoms with E-state index in [1.807, 2.05) is 39.6 Å². The first-order chi connectivity index (χ1) is 16.2. The Labute approximate surface area is 203 Å². The molecule has 4 aromatic rings. The Balaban J connectivity index is 1.36. The summed E-state index contributed by atoms with van der Waals surface area (Å²) in [6, 6.07) is 11.9. The molecule has 0 saturated carbocycles. The molecule has 0 N–H and O–H groups in total. The van der Waals surface area contributed by atoms with Gasteiger partial charge in [0.1, 0.15) is 0 Å². The van der Waals surface area contributed by atoms with Crippen LogP contribution in [0.4, 0.5) is 0 Å². The van der Waals surface area contributed by atoms with E-state index in [2.05, 4.69) is 33.9 Å². The van der Waals surface area contributed by atoms with Crippen LogP contribution in [0.15, 0.2) is 82.5 Å². The van der Waals surface area contributed by atoms with E-state index in [1.165, 1.54) is 11.8 Å². The van der Waals surface area contributed by atoms with Crippen LogP contribution in [0.5, 0.6) is 0 Å². The molecule has 0 saturated heterocycles. The van der Waals surface area contributed by atoms with Crippen LogP contribution in [0.2, 0.25) is 0 Å². The first-order valence-corrected chi connectivity index (χ1v) is 13.0. The number of carbonyl (C=O) groups excluding carboxylic acids is 1. The zero-order chi connectivity index (χ0) is 22.6. The maximum atomic E-state index is 13.3. The summed E-state index contributed by atoms with van der Waals surface area (Å²) >= 11 is 4.66. The monoisotopic (exact) mass is 492 g/mol. The van der Waals surface area contributed by atoms with Crippen LogP contribution in [-0.4, -0.2) is 42.1 Å². The van der Waals surface area contributed by atoms with Crippen LogP contribution < -0.4 is 0 Å². The Kier molecular flexibility index (Phi) is 6.47. The molecule has 7 nitrogen and oxygen atoms in total. The van der Waals surface area contributed by atoms with E-state index in [4.69, 9.17) is 5.10 Å². The Hall–Kier alpha value is -3.08. The van der Waals surface area contributed by atoms with Gasteiger partial charge in [0, 0.05) is 35.8 Å². The molecule has 166 valence electrons. The summed E-state index contributed by atoms with van der Waals surface area (Å²) in [5.41, 5.74) is 1.82. The first kappa shape index (κ1) is 21.7. The molecule has 5 heterocycles. The quantitative estimate of drug-likeness (QED) is 0.252. The third kappa shape index (κ3) is 4.54. The minimum Gasteiger partial charge on any atom is -0.298 e. The van der Waals surface area contributed by atoms with Crippen LogP contribution in [0.1, 0.15) is 22.2 Å². The third-order valence-corrected chi connectivity index (χ3v) is 7.96. The van der Waals surface area contributed by atoms with Crippen molar-refractivity contribution in [3.05, 3.63) is 82.0 Å². The van der Waals surface area contributed by atoms with Gasteiger partial charge in [0.05, 0.1) is 22.4 Å². The number of nitrogens with zero attached hydrogens (tertiary/aromatic N) is 6. The highest BCUT2D eigenvalue weighted by Crippen LogP contribution is 2.36. The highest BCUT2D eigenvalue weighted by molar-refractivity contribution is 7.99. The Morgan fingerprint density at radius 3 is 2.79 bits per heavy atom. The van der Waals surface area contributed by atoms with Crippen molar-refractivity contribution < 1.29 is 4.79 Å². The average molecular weight is 493 g/mol. The molecule has 4 aromatic heterocycles. The smallest absolute Gasteiger partial charge is 0.253 e. The van der Waals surface area contributed by atoms with Crippen molar-refractivity contribution >= 4 is 46.1 Å². The van der Waals surface area contributed by atoms with Gasteiger partial charge in [-0.2, -0.15) is 5.10 Å². The van der Waals surface area contributed by atoms with Crippen LogP contribution in [0.25, 0.3) is 11.4 Å². The van der Waals surface area contributed by atoms with Gasteiger partial charge < -0.3 is 0 Å². The van der Waals surface area contributed by atoms with Crippen LogP contribution in [0.3, 0.4) is 0 Å². The van der Waals surface area contributed by atoms with Crippen molar-refractivity contribution in [1.82, 2.24) is 24.8 Å². The Bertz CT molecular complexity index is 1270. The van der Waals surface area contributed by atoms with Gasteiger partial charge in [0.2, 0.25) is 0 Å². The lowest BCUT2D eigenvalue weighted by molar-refractivity contribution is -0.130. The Morgan fingerprint density at radius 2 is 2.06 bits per heavy atom. The summed E-state index contributed by atoms with van der Waals surface area (Å²) in [4.78, 5) is 19.7. The molecule has 0 radical (unpaired) electrons. The number of hydrazone groups is 1. The molecule has 1 aliphatic rings. The fraction of sp³-hybridized carbons (Fsp3) is 0.174. The minimum atomic E-state index is -0.0767. The van der Waals surface area contributed by atoms with Gasteiger partial charge in [-0.05, 0) is 35.0 Å². The Morgan fingerprint density at radius 1 is 1.18 bits per heavy atom. The fourth-order valence-electron chi connectivity index (χ4n) is 3.62. The zero-order valence-electron chi connectivity index (χ0n) is 17.6. The molecule has 0 bridgehead atoms. The normalized spacial score (nSPS) is 15.6. The number of carbonyl (C=O) groups is 1. The molecule has 0 aliphatic carbocycles. The van der Waals surface area contributed by atoms with Crippen molar-refractivity contribution in [2.75, 3.05) is 5.75 Å². The highest BCUT2D eigenvalue weighted by atomic mass is 32.2. The predicted octanol–water partition coefficient (Wildman–Crippen LogP) is 5.12. The van der Waals surface area contributed by atoms with Crippen molar-refractivity contribution in [1.29, 1.82) is 0 Å². The van der Waals surface area contributed by atoms with Gasteiger partial charge in [-0.3, -0.25) is 14.3 Å². The van der Waals surface area contributed by atoms with Crippen LogP contribution >= 0.6 is 34.4 Å². The summed E-state index contributed by atoms with van der Waals surface area (Å²) in [5, 5.41) is 19.8. The van der Waals surface area contributed by atoms with Crippen molar-refractivity contribution in [2.24, 2.45) is 5.10 Å². The molecule has 0 aromatic carbocycles. The topological polar surface area (TPSA) is 76.3 Å². The van der Waals surface area contributed by atoms with E-state index in [0.29, 0.717) is 17.5 Å². The van der Waals surface area contributed by atoms with Crippen LogP contribution in [0, 0.1) is 0 Å². The molecule has 33 heavy (non-hydrogen) atoms. The second kappa shape index (κ2) is 9.82. The molecule has 1 atom stereocenters. The molecule has 10 heteroatoms. The number of thiophene rings is 2. The van der Waals surface area contributed by atoms with Crippen LogP contribution in [-0.2, 0) is 11.3 Å². The van der Waals surface area contributed by atoms with Crippen molar-refractivity contribution in [3.63, 3.8) is 0 Å². The fourth-order valence-corrected chi connectivity index (χ4v) is 5.96. The van der Waals surface area contributed by atoms with E-state index in [1.54, 1.807) is 46.2 Å². The number of hydrogen-bond acceptors (Lipinski definition) is 8.